The molecule has 1 amide bonds. The molecule has 1 N–H and O–H groups in total. The molecular formula is C14H18BN3O. The first-order valence-corrected chi connectivity index (χ1v) is 6.79. The average molecular weight is 255 g/mol. The molecule has 2 radical (unpaired) electrons. The van der Waals surface area contributed by atoms with E-state index in [0.717, 1.165) is 25.9 Å². The summed E-state index contributed by atoms with van der Waals surface area (Å²) < 4.78 is 0. The molecule has 98 valence electrons. The van der Waals surface area contributed by atoms with Gasteiger partial charge in [0.15, 0.2) is 7.98 Å². The van der Waals surface area contributed by atoms with E-state index in [1.807, 2.05) is 27.9 Å². The van der Waals surface area contributed by atoms with Gasteiger partial charge in [0.1, 0.15) is 0 Å². The number of benzene rings is 1. The number of carbonyl (C=O) groups excluding carboxylic acids is 1. The monoisotopic (exact) mass is 255 g/mol. The molecule has 2 saturated heterocycles. The van der Waals surface area contributed by atoms with E-state index >= 15 is 0 Å². The largest absolute Gasteiger partial charge is 0.353 e. The van der Waals surface area contributed by atoms with Crippen LogP contribution in [0.1, 0.15) is 18.4 Å². The van der Waals surface area contributed by atoms with Crippen LogP contribution in [-0.4, -0.2) is 48.9 Å². The highest BCUT2D eigenvalue weighted by Crippen LogP contribution is 2.30. The normalized spacial score (nSPS) is 23.2. The second-order valence-electron chi connectivity index (χ2n) is 5.39. The standard InChI is InChI=1S/C14H18BN3O/c15-17-8-6-14(7-9-17)16-10-13(19)18(14)11-12-4-2-1-3-5-12/h1-5,16H,6-11H2. The van der Waals surface area contributed by atoms with Crippen molar-refractivity contribution >= 4 is 13.9 Å². The number of nitrogens with one attached hydrogen (secondary N) is 1. The van der Waals surface area contributed by atoms with Crippen molar-refractivity contribution < 1.29 is 4.79 Å². The van der Waals surface area contributed by atoms with Crippen LogP contribution >= 0.6 is 0 Å². The molecular weight excluding hydrogens is 237 g/mol. The maximum absolute atomic E-state index is 12.2. The summed E-state index contributed by atoms with van der Waals surface area (Å²) in [6.07, 6.45) is 1.78. The van der Waals surface area contributed by atoms with Gasteiger partial charge in [0, 0.05) is 6.54 Å². The predicted octanol–water partition coefficient (Wildman–Crippen LogP) is 0.494. The second kappa shape index (κ2) is 4.98. The van der Waals surface area contributed by atoms with E-state index in [0.29, 0.717) is 13.1 Å². The maximum atomic E-state index is 12.2. The van der Waals surface area contributed by atoms with E-state index in [9.17, 15) is 4.79 Å². The number of hydrogen-bond acceptors (Lipinski definition) is 3. The lowest BCUT2D eigenvalue weighted by Crippen LogP contribution is -2.57. The molecule has 0 aliphatic carbocycles. The van der Waals surface area contributed by atoms with E-state index in [1.54, 1.807) is 0 Å². The highest BCUT2D eigenvalue weighted by atomic mass is 16.2. The third-order valence-corrected chi connectivity index (χ3v) is 4.20. The minimum atomic E-state index is -0.192. The summed E-state index contributed by atoms with van der Waals surface area (Å²) in [5.41, 5.74) is 0.983. The summed E-state index contributed by atoms with van der Waals surface area (Å²) in [5.74, 6) is 0.189. The molecule has 0 bridgehead atoms. The second-order valence-corrected chi connectivity index (χ2v) is 5.39. The predicted molar refractivity (Wildman–Crippen MR) is 74.3 cm³/mol. The Morgan fingerprint density at radius 3 is 2.58 bits per heavy atom. The van der Waals surface area contributed by atoms with Gasteiger partial charge >= 0.3 is 0 Å². The number of carbonyl (C=O) groups is 1. The third-order valence-electron chi connectivity index (χ3n) is 4.20. The Hall–Kier alpha value is -1.33. The molecule has 4 nitrogen and oxygen atoms in total. The topological polar surface area (TPSA) is 35.6 Å². The first-order valence-electron chi connectivity index (χ1n) is 6.79. The van der Waals surface area contributed by atoms with Crippen LogP contribution in [0.3, 0.4) is 0 Å². The van der Waals surface area contributed by atoms with Crippen LogP contribution in [0.5, 0.6) is 0 Å². The van der Waals surface area contributed by atoms with Crippen LogP contribution in [0.25, 0.3) is 0 Å². The van der Waals surface area contributed by atoms with Crippen molar-refractivity contribution in [1.82, 2.24) is 15.0 Å². The van der Waals surface area contributed by atoms with Crippen molar-refractivity contribution in [2.75, 3.05) is 19.6 Å². The van der Waals surface area contributed by atoms with Crippen molar-refractivity contribution in [3.05, 3.63) is 35.9 Å². The van der Waals surface area contributed by atoms with Crippen LogP contribution in [0, 0.1) is 0 Å². The van der Waals surface area contributed by atoms with Gasteiger partial charge in [-0.15, -0.1) is 0 Å². The van der Waals surface area contributed by atoms with Gasteiger partial charge in [0.05, 0.1) is 12.2 Å². The van der Waals surface area contributed by atoms with Crippen LogP contribution in [0.2, 0.25) is 0 Å². The van der Waals surface area contributed by atoms with E-state index < -0.39 is 0 Å². The molecule has 1 spiro atoms. The fraction of sp³-hybridized carbons (Fsp3) is 0.500. The van der Waals surface area contributed by atoms with E-state index in [-0.39, 0.29) is 11.6 Å². The third kappa shape index (κ3) is 2.40. The van der Waals surface area contributed by atoms with Crippen LogP contribution in [-0.2, 0) is 11.3 Å². The molecule has 5 heteroatoms. The SMILES string of the molecule is [B]N1CCC2(CC1)NCC(=O)N2Cc1ccccc1. The first kappa shape index (κ1) is 12.7. The van der Waals surface area contributed by atoms with Gasteiger partial charge in [-0.25, -0.2) is 0 Å². The Kier molecular flexibility index (Phi) is 3.33. The molecule has 1 aromatic rings. The van der Waals surface area contributed by atoms with Gasteiger partial charge in [-0.3, -0.25) is 10.1 Å². The lowest BCUT2D eigenvalue weighted by Gasteiger charge is -2.44. The molecule has 2 aliphatic rings. The summed E-state index contributed by atoms with van der Waals surface area (Å²) in [6.45, 7) is 2.77. The van der Waals surface area contributed by atoms with Crippen LogP contribution < -0.4 is 5.32 Å². The minimum absolute atomic E-state index is 0.189. The zero-order valence-corrected chi connectivity index (χ0v) is 11.0. The quantitative estimate of drug-likeness (QED) is 0.781. The number of rotatable bonds is 2. The lowest BCUT2D eigenvalue weighted by atomic mass is 9.94. The van der Waals surface area contributed by atoms with Crippen molar-refractivity contribution in [3.63, 3.8) is 0 Å². The van der Waals surface area contributed by atoms with Crippen LogP contribution in [0.4, 0.5) is 0 Å². The molecule has 0 unspecified atom stereocenters. The Balaban J connectivity index is 1.79. The number of amides is 1. The highest BCUT2D eigenvalue weighted by molar-refractivity contribution is 6.04. The molecule has 0 saturated carbocycles. The van der Waals surface area contributed by atoms with Gasteiger partial charge < -0.3 is 9.71 Å². The molecule has 2 aliphatic heterocycles. The Morgan fingerprint density at radius 1 is 1.21 bits per heavy atom. The minimum Gasteiger partial charge on any atom is -0.353 e. The zero-order chi connectivity index (χ0) is 13.3. The van der Waals surface area contributed by atoms with Crippen molar-refractivity contribution in [2.24, 2.45) is 0 Å². The Bertz CT molecular complexity index is 457. The van der Waals surface area contributed by atoms with Gasteiger partial charge in [-0.2, -0.15) is 0 Å². The molecule has 1 aromatic carbocycles. The van der Waals surface area contributed by atoms with Crippen molar-refractivity contribution in [2.45, 2.75) is 25.0 Å². The summed E-state index contributed by atoms with van der Waals surface area (Å²) in [5, 5.41) is 3.41. The van der Waals surface area contributed by atoms with Crippen LogP contribution in [0.15, 0.2) is 30.3 Å². The van der Waals surface area contributed by atoms with Gasteiger partial charge in [-0.05, 0) is 31.5 Å². The van der Waals surface area contributed by atoms with Crippen molar-refractivity contribution in [1.29, 1.82) is 0 Å². The Labute approximate surface area is 115 Å². The van der Waals surface area contributed by atoms with Gasteiger partial charge in [-0.1, -0.05) is 30.3 Å². The lowest BCUT2D eigenvalue weighted by molar-refractivity contribution is -0.132. The molecule has 19 heavy (non-hydrogen) atoms. The summed E-state index contributed by atoms with van der Waals surface area (Å²) >= 11 is 0. The van der Waals surface area contributed by atoms with E-state index in [2.05, 4.69) is 17.4 Å². The fourth-order valence-corrected chi connectivity index (χ4v) is 3.02. The van der Waals surface area contributed by atoms with Gasteiger partial charge in [0.25, 0.3) is 0 Å². The molecule has 0 aromatic heterocycles. The number of hydrogen-bond donors (Lipinski definition) is 1. The molecule has 0 atom stereocenters. The van der Waals surface area contributed by atoms with Crippen molar-refractivity contribution in [3.8, 4) is 0 Å². The average Bonchev–Trinajstić information content (AvgIpc) is 2.73. The summed E-state index contributed by atoms with van der Waals surface area (Å²) in [7, 11) is 5.82. The maximum Gasteiger partial charge on any atom is 0.238 e. The zero-order valence-electron chi connectivity index (χ0n) is 11.0. The van der Waals surface area contributed by atoms with E-state index in [4.69, 9.17) is 7.98 Å². The fourth-order valence-electron chi connectivity index (χ4n) is 3.02. The Morgan fingerprint density at radius 2 is 1.89 bits per heavy atom. The van der Waals surface area contributed by atoms with Gasteiger partial charge in [0.2, 0.25) is 5.91 Å². The highest BCUT2D eigenvalue weighted by Gasteiger charge is 2.45. The first-order chi connectivity index (χ1) is 9.20. The number of piperidine rings is 1. The summed E-state index contributed by atoms with van der Waals surface area (Å²) in [4.78, 5) is 16.0. The summed E-state index contributed by atoms with van der Waals surface area (Å²) in [6, 6.07) is 10.2. The smallest absolute Gasteiger partial charge is 0.238 e. The molecule has 3 rings (SSSR count). The molecule has 2 fully saturated rings. The number of nitrogens with zero attached hydrogens (tertiary/aromatic N) is 2. The van der Waals surface area contributed by atoms with E-state index in [1.165, 1.54) is 5.56 Å². The molecule has 2 heterocycles.